The molecule has 1 aromatic carbocycles. The zero-order valence-electron chi connectivity index (χ0n) is 14.0. The maximum absolute atomic E-state index is 9.40. The van der Waals surface area contributed by atoms with Crippen molar-refractivity contribution in [2.75, 3.05) is 13.2 Å². The number of unbranched alkanes of at least 4 members (excludes halogenated alkanes) is 1. The van der Waals surface area contributed by atoms with Gasteiger partial charge in [-0.05, 0) is 41.7 Å². The summed E-state index contributed by atoms with van der Waals surface area (Å²) >= 11 is 0. The van der Waals surface area contributed by atoms with Gasteiger partial charge >= 0.3 is 7.32 Å². The van der Waals surface area contributed by atoms with Crippen molar-refractivity contribution in [1.29, 1.82) is 0 Å². The van der Waals surface area contributed by atoms with E-state index >= 15 is 0 Å². The molecule has 0 aliphatic rings. The third-order valence-corrected chi connectivity index (χ3v) is 3.91. The Balaban J connectivity index is 2.02. The van der Waals surface area contributed by atoms with Gasteiger partial charge in [0.05, 0.1) is 12.1 Å². The highest BCUT2D eigenvalue weighted by Gasteiger charge is 2.22. The van der Waals surface area contributed by atoms with Crippen LogP contribution in [0.4, 0.5) is 0 Å². The molecule has 0 spiro atoms. The van der Waals surface area contributed by atoms with E-state index < -0.39 is 7.32 Å². The zero-order chi connectivity index (χ0) is 18.1. The summed E-state index contributed by atoms with van der Waals surface area (Å²) in [6.45, 7) is 0.251. The van der Waals surface area contributed by atoms with Crippen LogP contribution in [0.2, 0.25) is 0 Å². The quantitative estimate of drug-likeness (QED) is 0.323. The molecular formula is C15H24BN5O4. The molecule has 2 aromatic rings. The number of hydrogen-bond donors (Lipinski definition) is 4. The summed E-state index contributed by atoms with van der Waals surface area (Å²) in [6, 6.07) is 9.17. The summed E-state index contributed by atoms with van der Waals surface area (Å²) < 4.78 is 6.33. The molecule has 0 radical (unpaired) electrons. The van der Waals surface area contributed by atoms with E-state index in [-0.39, 0.29) is 25.3 Å². The van der Waals surface area contributed by atoms with Gasteiger partial charge < -0.3 is 25.5 Å². The molecule has 2 rings (SSSR count). The van der Waals surface area contributed by atoms with E-state index in [9.17, 15) is 5.11 Å². The van der Waals surface area contributed by atoms with Crippen LogP contribution in [0.3, 0.4) is 0 Å². The van der Waals surface area contributed by atoms with Crippen LogP contribution in [0.5, 0.6) is 0 Å². The van der Waals surface area contributed by atoms with E-state index in [1.54, 1.807) is 4.68 Å². The number of aliphatic hydroxyl groups excluding tert-OH is 1. The highest BCUT2D eigenvalue weighted by molar-refractivity contribution is 6.32. The standard InChI is InChI=1S/C15H24BN5O4/c17-13(8-4-5-11-25-16(23)24)15-18-19-20-21(15)14(9-10-22)12-6-2-1-3-7-12/h1-3,6-7,13-14,22-24H,4-5,8-11,17H2. The summed E-state index contributed by atoms with van der Waals surface area (Å²) in [5, 5.41) is 38.5. The van der Waals surface area contributed by atoms with Crippen LogP contribution in [0.1, 0.15) is 49.2 Å². The van der Waals surface area contributed by atoms with Gasteiger partial charge in [0.15, 0.2) is 5.82 Å². The monoisotopic (exact) mass is 349 g/mol. The topological polar surface area (TPSA) is 140 Å². The fourth-order valence-corrected chi connectivity index (χ4v) is 2.68. The van der Waals surface area contributed by atoms with E-state index in [4.69, 9.17) is 15.8 Å². The molecule has 0 bridgehead atoms. The molecule has 1 heterocycles. The summed E-state index contributed by atoms with van der Waals surface area (Å²) in [5.74, 6) is 0.561. The van der Waals surface area contributed by atoms with E-state index in [1.807, 2.05) is 30.3 Å². The average Bonchev–Trinajstić information content (AvgIpc) is 3.09. The van der Waals surface area contributed by atoms with Crippen molar-refractivity contribution in [2.45, 2.75) is 37.8 Å². The van der Waals surface area contributed by atoms with Gasteiger partial charge in [-0.25, -0.2) is 4.68 Å². The van der Waals surface area contributed by atoms with E-state index in [1.165, 1.54) is 0 Å². The summed E-state index contributed by atoms with van der Waals surface area (Å²) in [5.41, 5.74) is 7.23. The first-order chi connectivity index (χ1) is 12.1. The molecule has 10 heteroatoms. The van der Waals surface area contributed by atoms with E-state index in [2.05, 4.69) is 20.2 Å². The van der Waals surface area contributed by atoms with Gasteiger partial charge in [0.2, 0.25) is 0 Å². The van der Waals surface area contributed by atoms with Crippen molar-refractivity contribution in [1.82, 2.24) is 20.2 Å². The van der Waals surface area contributed by atoms with Gasteiger partial charge in [-0.2, -0.15) is 0 Å². The van der Waals surface area contributed by atoms with Crippen LogP contribution in [0, 0.1) is 0 Å². The number of nitrogens with zero attached hydrogens (tertiary/aromatic N) is 4. The van der Waals surface area contributed by atoms with Gasteiger partial charge in [0.25, 0.3) is 0 Å². The van der Waals surface area contributed by atoms with Crippen molar-refractivity contribution >= 4 is 7.32 Å². The molecule has 25 heavy (non-hydrogen) atoms. The van der Waals surface area contributed by atoms with Crippen molar-refractivity contribution < 1.29 is 19.8 Å². The first-order valence-corrected chi connectivity index (χ1v) is 8.30. The van der Waals surface area contributed by atoms with Crippen molar-refractivity contribution in [3.8, 4) is 0 Å². The average molecular weight is 349 g/mol. The minimum absolute atomic E-state index is 0.00885. The minimum atomic E-state index is -1.74. The highest BCUT2D eigenvalue weighted by Crippen LogP contribution is 2.24. The van der Waals surface area contributed by atoms with E-state index in [0.717, 1.165) is 12.0 Å². The molecule has 2 unspecified atom stereocenters. The predicted molar refractivity (Wildman–Crippen MR) is 91.0 cm³/mol. The fraction of sp³-hybridized carbons (Fsp3) is 0.533. The lowest BCUT2D eigenvalue weighted by Crippen LogP contribution is -2.23. The highest BCUT2D eigenvalue weighted by atomic mass is 16.6. The molecule has 0 aliphatic carbocycles. The molecule has 9 nitrogen and oxygen atoms in total. The smallest absolute Gasteiger partial charge is 0.402 e. The molecule has 5 N–H and O–H groups in total. The first kappa shape index (κ1) is 19.5. The second-order valence-corrected chi connectivity index (χ2v) is 5.72. The van der Waals surface area contributed by atoms with Gasteiger partial charge in [-0.1, -0.05) is 30.3 Å². The molecule has 2 atom stereocenters. The number of hydrogen-bond acceptors (Lipinski definition) is 8. The van der Waals surface area contributed by atoms with Crippen LogP contribution in [-0.4, -0.2) is 55.9 Å². The Morgan fingerprint density at radius 2 is 1.92 bits per heavy atom. The van der Waals surface area contributed by atoms with Crippen molar-refractivity contribution in [2.24, 2.45) is 5.73 Å². The molecular weight excluding hydrogens is 325 g/mol. The Morgan fingerprint density at radius 3 is 2.60 bits per heavy atom. The lowest BCUT2D eigenvalue weighted by molar-refractivity contribution is 0.181. The third kappa shape index (κ3) is 5.87. The Hall–Kier alpha value is -1.85. The van der Waals surface area contributed by atoms with Gasteiger partial charge in [-0.15, -0.1) is 5.10 Å². The maximum atomic E-state index is 9.40. The van der Waals surface area contributed by atoms with Crippen molar-refractivity contribution in [3.63, 3.8) is 0 Å². The maximum Gasteiger partial charge on any atom is 0.633 e. The zero-order valence-corrected chi connectivity index (χ0v) is 14.0. The van der Waals surface area contributed by atoms with Crippen LogP contribution < -0.4 is 5.73 Å². The van der Waals surface area contributed by atoms with Crippen LogP contribution >= 0.6 is 0 Å². The number of aliphatic hydroxyl groups is 1. The molecule has 0 aliphatic heterocycles. The fourth-order valence-electron chi connectivity index (χ4n) is 2.68. The SMILES string of the molecule is NC(CCCCOB(O)O)c1nnnn1C(CCO)c1ccccc1. The molecule has 0 fully saturated rings. The summed E-state index contributed by atoms with van der Waals surface area (Å²) in [7, 11) is -1.74. The Morgan fingerprint density at radius 1 is 1.16 bits per heavy atom. The Kier molecular flexibility index (Phi) is 7.96. The Labute approximate surface area is 146 Å². The summed E-state index contributed by atoms with van der Waals surface area (Å²) in [4.78, 5) is 0. The molecule has 0 amide bonds. The number of aromatic nitrogens is 4. The first-order valence-electron chi connectivity index (χ1n) is 8.30. The number of nitrogens with two attached hydrogens (primary N) is 1. The molecule has 0 saturated carbocycles. The summed E-state index contributed by atoms with van der Waals surface area (Å²) in [6.07, 6.45) is 2.49. The lowest BCUT2D eigenvalue weighted by Gasteiger charge is -2.20. The lowest BCUT2D eigenvalue weighted by atomic mass is 10.0. The second kappa shape index (κ2) is 10.2. The molecule has 0 saturated heterocycles. The normalized spacial score (nSPS) is 13.6. The Bertz CT molecular complexity index is 613. The number of tetrazole rings is 1. The number of benzene rings is 1. The van der Waals surface area contributed by atoms with Gasteiger partial charge in [0.1, 0.15) is 0 Å². The molecule has 1 aromatic heterocycles. The van der Waals surface area contributed by atoms with Crippen LogP contribution in [-0.2, 0) is 4.65 Å². The van der Waals surface area contributed by atoms with Gasteiger partial charge in [-0.3, -0.25) is 0 Å². The third-order valence-electron chi connectivity index (χ3n) is 3.91. The largest absolute Gasteiger partial charge is 0.633 e. The number of rotatable bonds is 11. The second-order valence-electron chi connectivity index (χ2n) is 5.72. The molecule has 136 valence electrons. The predicted octanol–water partition coefficient (Wildman–Crippen LogP) is -0.199. The minimum Gasteiger partial charge on any atom is -0.402 e. The van der Waals surface area contributed by atoms with Gasteiger partial charge in [0, 0.05) is 13.2 Å². The van der Waals surface area contributed by atoms with Crippen LogP contribution in [0.25, 0.3) is 0 Å². The van der Waals surface area contributed by atoms with Crippen molar-refractivity contribution in [3.05, 3.63) is 41.7 Å². The van der Waals surface area contributed by atoms with E-state index in [0.29, 0.717) is 25.1 Å². The van der Waals surface area contributed by atoms with Crippen LogP contribution in [0.15, 0.2) is 30.3 Å².